The minimum atomic E-state index is -1.41. The number of amides is 4. The van der Waals surface area contributed by atoms with Crippen molar-refractivity contribution < 1.29 is 24.3 Å². The van der Waals surface area contributed by atoms with Gasteiger partial charge in [0.1, 0.15) is 27.6 Å². The highest BCUT2D eigenvalue weighted by Crippen LogP contribution is 2.46. The molecule has 0 radical (unpaired) electrons. The Morgan fingerprint density at radius 3 is 2.46 bits per heavy atom. The van der Waals surface area contributed by atoms with Gasteiger partial charge < -0.3 is 30.5 Å². The van der Waals surface area contributed by atoms with Crippen molar-refractivity contribution in [2.24, 2.45) is 5.92 Å². The number of carboxylic acid groups (broad SMARTS) is 1. The molecule has 272 valence electrons. The average Bonchev–Trinajstić information content (AvgIpc) is 3.88. The molecular weight excluding hydrogens is 701 g/mol. The Morgan fingerprint density at radius 1 is 0.942 bits per heavy atom. The first-order chi connectivity index (χ1) is 25.3. The second-order valence-corrected chi connectivity index (χ2v) is 16.2. The van der Waals surface area contributed by atoms with Crippen LogP contribution in [0.25, 0.3) is 32.2 Å². The van der Waals surface area contributed by atoms with E-state index in [9.17, 15) is 24.3 Å². The van der Waals surface area contributed by atoms with E-state index >= 15 is 0 Å². The molecule has 0 spiro atoms. The van der Waals surface area contributed by atoms with Gasteiger partial charge in [-0.25, -0.2) is 24.5 Å². The number of rotatable bonds is 6. The lowest BCUT2D eigenvalue weighted by atomic mass is 10.0. The summed E-state index contributed by atoms with van der Waals surface area (Å²) in [5.41, 5.74) is 1.93. The average molecular weight is 743 g/mol. The number of hydrogen-bond donors (Lipinski definition) is 4. The molecule has 2 saturated carbocycles. The molecule has 4 N–H and O–H groups in total. The molecule has 0 bridgehead atoms. The van der Waals surface area contributed by atoms with E-state index in [4.69, 9.17) is 4.98 Å². The Kier molecular flexibility index (Phi) is 9.55. The molecule has 2 aliphatic carbocycles. The predicted molar refractivity (Wildman–Crippen MR) is 198 cm³/mol. The summed E-state index contributed by atoms with van der Waals surface area (Å²) in [4.78, 5) is 70.2. The summed E-state index contributed by atoms with van der Waals surface area (Å²) in [5.74, 6) is -2.25. The smallest absolute Gasteiger partial charge is 0.330 e. The van der Waals surface area contributed by atoms with E-state index in [-0.39, 0.29) is 42.9 Å². The first-order valence-electron chi connectivity index (χ1n) is 18.2. The van der Waals surface area contributed by atoms with Gasteiger partial charge in [-0.1, -0.05) is 37.8 Å². The fraction of sp³-hybridized carbons (Fsp3) is 0.486. The highest BCUT2D eigenvalue weighted by molar-refractivity contribution is 7.13. The molecule has 3 aromatic heterocycles. The molecular formula is C37H42N8O5S2. The van der Waals surface area contributed by atoms with Gasteiger partial charge in [0.2, 0.25) is 11.8 Å². The van der Waals surface area contributed by atoms with Gasteiger partial charge in [0, 0.05) is 52.8 Å². The number of aliphatic carboxylic acids is 1. The molecule has 3 fully saturated rings. The molecule has 1 unspecified atom stereocenters. The fourth-order valence-corrected chi connectivity index (χ4v) is 9.45. The van der Waals surface area contributed by atoms with Crippen LogP contribution in [0.5, 0.6) is 0 Å². The predicted octanol–water partition coefficient (Wildman–Crippen LogP) is 5.52. The molecule has 52 heavy (non-hydrogen) atoms. The van der Waals surface area contributed by atoms with E-state index in [0.717, 1.165) is 83.5 Å². The van der Waals surface area contributed by atoms with E-state index in [2.05, 4.69) is 25.9 Å². The third kappa shape index (κ3) is 6.71. The summed E-state index contributed by atoms with van der Waals surface area (Å²) >= 11 is 3.05. The van der Waals surface area contributed by atoms with Crippen LogP contribution in [0.1, 0.15) is 76.7 Å². The van der Waals surface area contributed by atoms with E-state index in [0.29, 0.717) is 12.8 Å². The number of fused-ring (bicyclic) bond motifs is 3. The van der Waals surface area contributed by atoms with E-state index in [1.54, 1.807) is 23.6 Å². The van der Waals surface area contributed by atoms with Crippen molar-refractivity contribution in [3.05, 3.63) is 53.8 Å². The monoisotopic (exact) mass is 742 g/mol. The maximum atomic E-state index is 14.6. The van der Waals surface area contributed by atoms with Crippen LogP contribution in [-0.4, -0.2) is 83.5 Å². The largest absolute Gasteiger partial charge is 0.479 e. The molecule has 4 aliphatic rings. The summed E-state index contributed by atoms with van der Waals surface area (Å²) in [6, 6.07) is 1.63. The van der Waals surface area contributed by atoms with Gasteiger partial charge in [-0.05, 0) is 57.1 Å². The number of allylic oxidation sites excluding steroid dienone is 1. The second kappa shape index (κ2) is 14.4. The van der Waals surface area contributed by atoms with Gasteiger partial charge in [0.25, 0.3) is 0 Å². The quantitative estimate of drug-likeness (QED) is 0.187. The van der Waals surface area contributed by atoms with Crippen LogP contribution in [0.15, 0.2) is 53.8 Å². The first-order valence-corrected chi connectivity index (χ1v) is 20.0. The maximum Gasteiger partial charge on any atom is 0.330 e. The summed E-state index contributed by atoms with van der Waals surface area (Å²) in [7, 11) is 0. The highest BCUT2D eigenvalue weighted by atomic mass is 32.1. The Labute approximate surface area is 308 Å². The van der Waals surface area contributed by atoms with Gasteiger partial charge in [-0.3, -0.25) is 9.59 Å². The SMILES string of the molecule is O=C(NC1CCCC1)N[C@@H]1CCCCCC=C[C@@H]2CC2(C(=O)O)NC(=O)[C@@H]2C[C@@H](n3cnc4c(-c5nccs5)cc(-c5nccs5)cc43)CN2C1=O. The van der Waals surface area contributed by atoms with Crippen LogP contribution in [0.2, 0.25) is 0 Å². The zero-order valence-corrected chi connectivity index (χ0v) is 30.3. The number of urea groups is 1. The number of imidazole rings is 1. The number of benzene rings is 1. The standard InChI is InChI=1S/C37H42N8O5S2/c46-31-29-18-25(45-21-40-30-26(33-39-13-15-52-33)16-22(17-28(30)45)32-38-12-14-51-32)20-44(29)34(47)27(42-36(50)41-24-9-6-7-10-24)11-5-3-1-2-4-8-23-19-37(23,43-31)35(48)49/h4,8,12-17,21,23-25,27,29H,1-3,5-7,9-11,18-20H2,(H,43,46)(H,48,49)(H2,41,42,50)/t23-,25-,27-,29+,37?/m1/s1. The topological polar surface area (TPSA) is 171 Å². The molecule has 13 nitrogen and oxygen atoms in total. The number of thiazole rings is 2. The number of carbonyl (C=O) groups excluding carboxylic acids is 3. The van der Waals surface area contributed by atoms with Gasteiger partial charge in [-0.2, -0.15) is 0 Å². The lowest BCUT2D eigenvalue weighted by Crippen LogP contribution is -2.57. The van der Waals surface area contributed by atoms with E-state index in [1.807, 2.05) is 39.6 Å². The number of hydrogen-bond acceptors (Lipinski definition) is 9. The Balaban J connectivity index is 1.15. The van der Waals surface area contributed by atoms with E-state index in [1.165, 1.54) is 22.7 Å². The van der Waals surface area contributed by atoms with E-state index < -0.39 is 29.5 Å². The molecule has 1 aromatic carbocycles. The zero-order chi connectivity index (χ0) is 35.8. The highest BCUT2D eigenvalue weighted by Gasteiger charge is 2.61. The van der Waals surface area contributed by atoms with Crippen molar-refractivity contribution in [3.63, 3.8) is 0 Å². The van der Waals surface area contributed by atoms with Crippen LogP contribution in [0.3, 0.4) is 0 Å². The lowest BCUT2D eigenvalue weighted by molar-refractivity contribution is -0.145. The molecule has 2 aliphatic heterocycles. The van der Waals surface area contributed by atoms with Crippen LogP contribution in [0.4, 0.5) is 4.79 Å². The molecule has 5 atom stereocenters. The second-order valence-electron chi connectivity index (χ2n) is 14.4. The lowest BCUT2D eigenvalue weighted by Gasteiger charge is -2.30. The third-order valence-corrected chi connectivity index (χ3v) is 12.7. The Bertz CT molecular complexity index is 1990. The number of nitrogens with one attached hydrogen (secondary N) is 3. The zero-order valence-electron chi connectivity index (χ0n) is 28.7. The number of carbonyl (C=O) groups is 4. The minimum Gasteiger partial charge on any atom is -0.479 e. The van der Waals surface area contributed by atoms with Crippen LogP contribution >= 0.6 is 22.7 Å². The Morgan fingerprint density at radius 2 is 1.71 bits per heavy atom. The maximum absolute atomic E-state index is 14.6. The number of nitrogens with zero attached hydrogens (tertiary/aromatic N) is 5. The van der Waals surface area contributed by atoms with Gasteiger partial charge in [0.05, 0.1) is 23.4 Å². The van der Waals surface area contributed by atoms with Crippen molar-refractivity contribution in [1.82, 2.24) is 40.4 Å². The number of aromatic nitrogens is 4. The molecule has 4 amide bonds. The summed E-state index contributed by atoms with van der Waals surface area (Å²) < 4.78 is 2.01. The minimum absolute atomic E-state index is 0.0793. The Hall–Kier alpha value is -4.63. The third-order valence-electron chi connectivity index (χ3n) is 11.0. The molecule has 4 aromatic rings. The van der Waals surface area contributed by atoms with Crippen molar-refractivity contribution in [2.45, 2.75) is 100 Å². The first kappa shape index (κ1) is 34.5. The normalized spacial score (nSPS) is 27.0. The molecule has 5 heterocycles. The summed E-state index contributed by atoms with van der Waals surface area (Å²) in [5, 5.41) is 24.7. The van der Waals surface area contributed by atoms with Crippen LogP contribution in [0, 0.1) is 5.92 Å². The molecule has 15 heteroatoms. The fourth-order valence-electron chi connectivity index (χ4n) is 8.17. The summed E-state index contributed by atoms with van der Waals surface area (Å²) in [6.07, 6.45) is 17.3. The molecule has 8 rings (SSSR count). The van der Waals surface area contributed by atoms with Gasteiger partial charge in [0.15, 0.2) is 0 Å². The van der Waals surface area contributed by atoms with Crippen molar-refractivity contribution >= 4 is 57.5 Å². The van der Waals surface area contributed by atoms with Crippen LogP contribution in [-0.2, 0) is 14.4 Å². The number of carboxylic acids is 1. The van der Waals surface area contributed by atoms with Crippen molar-refractivity contribution in [3.8, 4) is 21.1 Å². The summed E-state index contributed by atoms with van der Waals surface area (Å²) in [6.45, 7) is 0.183. The van der Waals surface area contributed by atoms with Crippen LogP contribution < -0.4 is 16.0 Å². The van der Waals surface area contributed by atoms with Crippen molar-refractivity contribution in [1.29, 1.82) is 0 Å². The van der Waals surface area contributed by atoms with Crippen molar-refractivity contribution in [2.75, 3.05) is 6.54 Å². The van der Waals surface area contributed by atoms with Gasteiger partial charge in [-0.15, -0.1) is 22.7 Å². The molecule has 1 saturated heterocycles. The van der Waals surface area contributed by atoms with Gasteiger partial charge >= 0.3 is 12.0 Å².